The summed E-state index contributed by atoms with van der Waals surface area (Å²) in [6.45, 7) is 5.97. The Balaban J connectivity index is 2.26. The molecule has 1 fully saturated rings. The van der Waals surface area contributed by atoms with Gasteiger partial charge in [-0.2, -0.15) is 0 Å². The van der Waals surface area contributed by atoms with Gasteiger partial charge < -0.3 is 10.5 Å². The molecule has 0 spiro atoms. The van der Waals surface area contributed by atoms with E-state index in [0.29, 0.717) is 17.5 Å². The molecule has 2 unspecified atom stereocenters. The molecule has 0 bridgehead atoms. The molecular formula is C11H16N2O2S. The predicted molar refractivity (Wildman–Crippen MR) is 62.9 cm³/mol. The van der Waals surface area contributed by atoms with Crippen molar-refractivity contribution in [1.82, 2.24) is 4.98 Å². The molecule has 88 valence electrons. The van der Waals surface area contributed by atoms with Crippen LogP contribution in [0.25, 0.3) is 0 Å². The summed E-state index contributed by atoms with van der Waals surface area (Å²) in [5.41, 5.74) is 5.77. The maximum atomic E-state index is 11.7. The molecule has 0 saturated carbocycles. The molecule has 2 heterocycles. The van der Waals surface area contributed by atoms with E-state index in [1.165, 1.54) is 11.3 Å². The molecule has 0 aliphatic carbocycles. The highest BCUT2D eigenvalue weighted by Gasteiger charge is 2.46. The molecule has 16 heavy (non-hydrogen) atoms. The highest BCUT2D eigenvalue weighted by atomic mass is 32.1. The maximum Gasteiger partial charge on any atom is 0.310 e. The van der Waals surface area contributed by atoms with Crippen LogP contribution < -0.4 is 5.73 Å². The second-order valence-electron chi connectivity index (χ2n) is 4.78. The van der Waals surface area contributed by atoms with Gasteiger partial charge in [0.2, 0.25) is 0 Å². The van der Waals surface area contributed by atoms with Crippen LogP contribution in [0.5, 0.6) is 0 Å². The summed E-state index contributed by atoms with van der Waals surface area (Å²) in [5, 5.41) is 2.38. The molecule has 2 atom stereocenters. The largest absolute Gasteiger partial charge is 0.453 e. The third kappa shape index (κ3) is 1.80. The summed E-state index contributed by atoms with van der Waals surface area (Å²) in [6.07, 6.45) is 0.687. The van der Waals surface area contributed by atoms with E-state index < -0.39 is 5.60 Å². The number of nitrogen functional groups attached to an aromatic ring is 1. The molecule has 1 aromatic rings. The van der Waals surface area contributed by atoms with Crippen molar-refractivity contribution < 1.29 is 9.53 Å². The molecule has 0 amide bonds. The van der Waals surface area contributed by atoms with E-state index in [0.717, 1.165) is 5.69 Å². The molecule has 2 rings (SSSR count). The van der Waals surface area contributed by atoms with Gasteiger partial charge in [0, 0.05) is 11.8 Å². The highest BCUT2D eigenvalue weighted by molar-refractivity contribution is 7.13. The highest BCUT2D eigenvalue weighted by Crippen LogP contribution is 2.42. The summed E-state index contributed by atoms with van der Waals surface area (Å²) in [7, 11) is 0. The minimum atomic E-state index is -0.597. The standard InChI is InChI=1S/C11H16N2O2S/c1-6(2)7-4-11(3,15-9(7)14)8-5-16-10(12)13-8/h5-7H,4H2,1-3H3,(H2,12,13). The summed E-state index contributed by atoms with van der Waals surface area (Å²) in [4.78, 5) is 15.9. The van der Waals surface area contributed by atoms with Crippen molar-refractivity contribution in [2.24, 2.45) is 11.8 Å². The van der Waals surface area contributed by atoms with Crippen molar-refractivity contribution in [3.63, 3.8) is 0 Å². The van der Waals surface area contributed by atoms with Crippen LogP contribution in [0.4, 0.5) is 5.13 Å². The number of hydrogen-bond acceptors (Lipinski definition) is 5. The van der Waals surface area contributed by atoms with Crippen LogP contribution in [0.2, 0.25) is 0 Å². The Hall–Kier alpha value is -1.10. The molecule has 1 aromatic heterocycles. The van der Waals surface area contributed by atoms with Gasteiger partial charge in [-0.05, 0) is 12.8 Å². The second kappa shape index (κ2) is 3.73. The van der Waals surface area contributed by atoms with Gasteiger partial charge >= 0.3 is 5.97 Å². The maximum absolute atomic E-state index is 11.7. The number of hydrogen-bond donors (Lipinski definition) is 1. The summed E-state index contributed by atoms with van der Waals surface area (Å²) < 4.78 is 5.47. The first-order valence-corrected chi connectivity index (χ1v) is 6.24. The number of carbonyl (C=O) groups excluding carboxylic acids is 1. The van der Waals surface area contributed by atoms with Crippen molar-refractivity contribution in [2.45, 2.75) is 32.8 Å². The lowest BCUT2D eigenvalue weighted by molar-refractivity contribution is -0.151. The molecule has 1 aliphatic rings. The monoisotopic (exact) mass is 240 g/mol. The Morgan fingerprint density at radius 1 is 1.69 bits per heavy atom. The van der Waals surface area contributed by atoms with Crippen molar-refractivity contribution in [3.8, 4) is 0 Å². The van der Waals surface area contributed by atoms with Gasteiger partial charge in [0.1, 0.15) is 0 Å². The Morgan fingerprint density at radius 3 is 2.81 bits per heavy atom. The number of esters is 1. The lowest BCUT2D eigenvalue weighted by Crippen LogP contribution is -2.21. The van der Waals surface area contributed by atoms with Crippen LogP contribution in [-0.2, 0) is 15.1 Å². The van der Waals surface area contributed by atoms with E-state index in [1.807, 2.05) is 26.2 Å². The minimum absolute atomic E-state index is 0.0343. The molecule has 0 radical (unpaired) electrons. The van der Waals surface area contributed by atoms with E-state index in [9.17, 15) is 4.79 Å². The molecule has 2 N–H and O–H groups in total. The zero-order valence-corrected chi connectivity index (χ0v) is 10.5. The molecule has 4 nitrogen and oxygen atoms in total. The average Bonchev–Trinajstić information content (AvgIpc) is 2.71. The summed E-state index contributed by atoms with van der Waals surface area (Å²) in [5.74, 6) is 0.141. The van der Waals surface area contributed by atoms with Gasteiger partial charge in [0.25, 0.3) is 0 Å². The lowest BCUT2D eigenvalue weighted by atomic mass is 9.87. The van der Waals surface area contributed by atoms with Crippen LogP contribution >= 0.6 is 11.3 Å². The fourth-order valence-electron chi connectivity index (χ4n) is 2.04. The van der Waals surface area contributed by atoms with E-state index in [1.54, 1.807) is 0 Å². The molecule has 5 heteroatoms. The Kier molecular flexibility index (Phi) is 2.66. The number of ether oxygens (including phenoxy) is 1. The quantitative estimate of drug-likeness (QED) is 0.804. The van der Waals surface area contributed by atoms with E-state index in [4.69, 9.17) is 10.5 Å². The molecule has 1 aliphatic heterocycles. The zero-order valence-electron chi connectivity index (χ0n) is 9.69. The first-order chi connectivity index (χ1) is 7.42. The first kappa shape index (κ1) is 11.4. The Bertz CT molecular complexity index is 416. The van der Waals surface area contributed by atoms with Crippen molar-refractivity contribution >= 4 is 22.4 Å². The summed E-state index contributed by atoms with van der Waals surface area (Å²) in [6, 6.07) is 0. The van der Waals surface area contributed by atoms with Crippen LogP contribution in [0.15, 0.2) is 5.38 Å². The van der Waals surface area contributed by atoms with Gasteiger partial charge in [-0.15, -0.1) is 11.3 Å². The van der Waals surface area contributed by atoms with Crippen LogP contribution in [0, 0.1) is 11.8 Å². The number of rotatable bonds is 2. The number of cyclic esters (lactones) is 1. The molecule has 0 aromatic carbocycles. The topological polar surface area (TPSA) is 65.2 Å². The fraction of sp³-hybridized carbons (Fsp3) is 0.636. The van der Waals surface area contributed by atoms with Gasteiger partial charge in [-0.1, -0.05) is 13.8 Å². The third-order valence-corrected chi connectivity index (χ3v) is 3.78. The Labute approximate surface area is 98.8 Å². The first-order valence-electron chi connectivity index (χ1n) is 5.37. The van der Waals surface area contributed by atoms with Gasteiger partial charge in [-0.3, -0.25) is 4.79 Å². The van der Waals surface area contributed by atoms with Crippen molar-refractivity contribution in [3.05, 3.63) is 11.1 Å². The van der Waals surface area contributed by atoms with Gasteiger partial charge in [0.15, 0.2) is 10.7 Å². The fourth-order valence-corrected chi connectivity index (χ4v) is 2.72. The number of carbonyl (C=O) groups is 1. The van der Waals surface area contributed by atoms with Gasteiger partial charge in [-0.25, -0.2) is 4.98 Å². The summed E-state index contributed by atoms with van der Waals surface area (Å²) >= 11 is 1.38. The van der Waals surface area contributed by atoms with E-state index in [2.05, 4.69) is 4.98 Å². The predicted octanol–water partition coefficient (Wildman–Crippen LogP) is 2.16. The Morgan fingerprint density at radius 2 is 2.38 bits per heavy atom. The zero-order chi connectivity index (χ0) is 11.9. The number of nitrogens with zero attached hydrogens (tertiary/aromatic N) is 1. The average molecular weight is 240 g/mol. The van der Waals surface area contributed by atoms with Crippen LogP contribution in [0.1, 0.15) is 32.9 Å². The number of aromatic nitrogens is 1. The molecular weight excluding hydrogens is 224 g/mol. The van der Waals surface area contributed by atoms with Crippen molar-refractivity contribution in [1.29, 1.82) is 0 Å². The third-order valence-electron chi connectivity index (χ3n) is 3.11. The molecule has 1 saturated heterocycles. The normalized spacial score (nSPS) is 29.8. The van der Waals surface area contributed by atoms with Crippen LogP contribution in [-0.4, -0.2) is 11.0 Å². The van der Waals surface area contributed by atoms with E-state index in [-0.39, 0.29) is 11.9 Å². The number of nitrogens with two attached hydrogens (primary N) is 1. The second-order valence-corrected chi connectivity index (χ2v) is 5.67. The lowest BCUT2D eigenvalue weighted by Gasteiger charge is -2.20. The number of anilines is 1. The van der Waals surface area contributed by atoms with Crippen LogP contribution in [0.3, 0.4) is 0 Å². The van der Waals surface area contributed by atoms with Gasteiger partial charge in [0.05, 0.1) is 11.6 Å². The number of thiazole rings is 1. The SMILES string of the molecule is CC(C)C1CC(C)(c2csc(N)n2)OC1=O. The van der Waals surface area contributed by atoms with Crippen molar-refractivity contribution in [2.75, 3.05) is 5.73 Å². The minimum Gasteiger partial charge on any atom is -0.453 e. The van der Waals surface area contributed by atoms with E-state index >= 15 is 0 Å². The smallest absolute Gasteiger partial charge is 0.310 e.